The molecule has 0 atom stereocenters. The molecule has 21 heavy (non-hydrogen) atoms. The zero-order chi connectivity index (χ0) is 15.2. The fourth-order valence-electron chi connectivity index (χ4n) is 1.89. The predicted octanol–water partition coefficient (Wildman–Crippen LogP) is 1.65. The molecule has 1 amide bonds. The maximum absolute atomic E-state index is 11.0. The molecule has 0 aliphatic carbocycles. The third-order valence-corrected chi connectivity index (χ3v) is 3.63. The minimum Gasteiger partial charge on any atom is -0.454 e. The lowest BCUT2D eigenvalue weighted by Gasteiger charge is -2.21. The van der Waals surface area contributed by atoms with Crippen molar-refractivity contribution in [1.29, 1.82) is 0 Å². The third kappa shape index (κ3) is 4.09. The molecule has 0 spiro atoms. The van der Waals surface area contributed by atoms with E-state index >= 15 is 0 Å². The number of primary amides is 1. The summed E-state index contributed by atoms with van der Waals surface area (Å²) in [6.45, 7) is 1.21. The number of furan rings is 1. The Balaban J connectivity index is 1.91. The highest BCUT2D eigenvalue weighted by Crippen LogP contribution is 2.09. The van der Waals surface area contributed by atoms with Gasteiger partial charge in [-0.2, -0.15) is 11.3 Å². The van der Waals surface area contributed by atoms with Crippen LogP contribution in [-0.4, -0.2) is 30.9 Å². The minimum absolute atomic E-state index is 0.161. The van der Waals surface area contributed by atoms with Gasteiger partial charge in [0.05, 0.1) is 6.54 Å². The standard InChI is InChI=1S/C14H18N4O2S/c1-16-14(18(2)8-10-5-6-21-9-10)17-7-11-3-4-12(20-11)13(15)19/h3-6,9H,7-8H2,1-2H3,(H2,15,19)(H,16,17). The first-order valence-electron chi connectivity index (χ1n) is 6.41. The number of thiophene rings is 1. The van der Waals surface area contributed by atoms with Gasteiger partial charge in [0.2, 0.25) is 0 Å². The lowest BCUT2D eigenvalue weighted by atomic mass is 10.3. The van der Waals surface area contributed by atoms with E-state index in [0.717, 1.165) is 12.5 Å². The van der Waals surface area contributed by atoms with Crippen LogP contribution in [0.2, 0.25) is 0 Å². The van der Waals surface area contributed by atoms with Crippen molar-refractivity contribution in [3.05, 3.63) is 46.0 Å². The molecule has 0 unspecified atom stereocenters. The van der Waals surface area contributed by atoms with Crippen LogP contribution >= 0.6 is 11.3 Å². The molecule has 2 heterocycles. The largest absolute Gasteiger partial charge is 0.454 e. The SMILES string of the molecule is CN=C(NCc1ccc(C(N)=O)o1)N(C)Cc1ccsc1. The fourth-order valence-corrected chi connectivity index (χ4v) is 2.55. The van der Waals surface area contributed by atoms with Gasteiger partial charge in [-0.25, -0.2) is 0 Å². The summed E-state index contributed by atoms with van der Waals surface area (Å²) in [5.41, 5.74) is 6.38. The molecular formula is C14H18N4O2S. The van der Waals surface area contributed by atoms with Crippen LogP contribution in [0.15, 0.2) is 38.4 Å². The summed E-state index contributed by atoms with van der Waals surface area (Å²) in [5.74, 6) is 0.973. The molecule has 0 saturated heterocycles. The lowest BCUT2D eigenvalue weighted by Crippen LogP contribution is -2.37. The van der Waals surface area contributed by atoms with Crippen molar-refractivity contribution in [3.8, 4) is 0 Å². The molecular weight excluding hydrogens is 288 g/mol. The van der Waals surface area contributed by atoms with Crippen LogP contribution in [0.25, 0.3) is 0 Å². The summed E-state index contributed by atoms with van der Waals surface area (Å²) >= 11 is 1.67. The second-order valence-corrected chi connectivity index (χ2v) is 5.30. The Morgan fingerprint density at radius 3 is 2.86 bits per heavy atom. The summed E-state index contributed by atoms with van der Waals surface area (Å²) < 4.78 is 5.32. The number of nitrogens with one attached hydrogen (secondary N) is 1. The maximum Gasteiger partial charge on any atom is 0.284 e. The fraction of sp³-hybridized carbons (Fsp3) is 0.286. The predicted molar refractivity (Wildman–Crippen MR) is 83.2 cm³/mol. The van der Waals surface area contributed by atoms with Gasteiger partial charge in [-0.3, -0.25) is 9.79 Å². The van der Waals surface area contributed by atoms with Crippen LogP contribution < -0.4 is 11.1 Å². The third-order valence-electron chi connectivity index (χ3n) is 2.90. The average molecular weight is 306 g/mol. The van der Waals surface area contributed by atoms with Gasteiger partial charge in [-0.05, 0) is 34.5 Å². The van der Waals surface area contributed by atoms with Gasteiger partial charge >= 0.3 is 0 Å². The van der Waals surface area contributed by atoms with Gasteiger partial charge in [-0.1, -0.05) is 0 Å². The zero-order valence-corrected chi connectivity index (χ0v) is 12.8. The van der Waals surface area contributed by atoms with Gasteiger partial charge < -0.3 is 20.4 Å². The molecule has 0 bridgehead atoms. The Morgan fingerprint density at radius 1 is 1.48 bits per heavy atom. The van der Waals surface area contributed by atoms with Crippen molar-refractivity contribution in [2.45, 2.75) is 13.1 Å². The zero-order valence-electron chi connectivity index (χ0n) is 12.0. The molecule has 3 N–H and O–H groups in total. The molecule has 0 aliphatic rings. The van der Waals surface area contributed by atoms with Gasteiger partial charge in [0, 0.05) is 20.6 Å². The smallest absolute Gasteiger partial charge is 0.284 e. The highest BCUT2D eigenvalue weighted by molar-refractivity contribution is 7.07. The van der Waals surface area contributed by atoms with Crippen LogP contribution in [0.1, 0.15) is 21.9 Å². The first kappa shape index (κ1) is 15.1. The van der Waals surface area contributed by atoms with E-state index in [0.29, 0.717) is 12.3 Å². The Hall–Kier alpha value is -2.28. The number of aliphatic imine (C=N–C) groups is 1. The van der Waals surface area contributed by atoms with Crippen molar-refractivity contribution in [2.24, 2.45) is 10.7 Å². The van der Waals surface area contributed by atoms with E-state index in [9.17, 15) is 4.79 Å². The van der Waals surface area contributed by atoms with E-state index in [1.807, 2.05) is 17.3 Å². The van der Waals surface area contributed by atoms with Crippen LogP contribution in [0.4, 0.5) is 0 Å². The first-order valence-corrected chi connectivity index (χ1v) is 7.36. The number of carbonyl (C=O) groups is 1. The Labute approximate surface area is 127 Å². The second-order valence-electron chi connectivity index (χ2n) is 4.52. The number of hydrogen-bond acceptors (Lipinski definition) is 4. The highest BCUT2D eigenvalue weighted by Gasteiger charge is 2.10. The van der Waals surface area contributed by atoms with Crippen LogP contribution in [-0.2, 0) is 13.1 Å². The van der Waals surface area contributed by atoms with Gasteiger partial charge in [-0.15, -0.1) is 0 Å². The summed E-state index contributed by atoms with van der Waals surface area (Å²) in [6.07, 6.45) is 0. The quantitative estimate of drug-likeness (QED) is 0.650. The summed E-state index contributed by atoms with van der Waals surface area (Å²) in [6, 6.07) is 5.37. The molecule has 112 valence electrons. The van der Waals surface area contributed by atoms with Crippen LogP contribution in [0, 0.1) is 0 Å². The molecule has 0 aromatic carbocycles. The van der Waals surface area contributed by atoms with E-state index in [2.05, 4.69) is 21.8 Å². The molecule has 2 aromatic heterocycles. The van der Waals surface area contributed by atoms with Crippen molar-refractivity contribution in [3.63, 3.8) is 0 Å². The van der Waals surface area contributed by atoms with Crippen molar-refractivity contribution in [1.82, 2.24) is 10.2 Å². The molecule has 0 saturated carbocycles. The summed E-state index contributed by atoms with van der Waals surface area (Å²) in [5, 5.41) is 7.34. The number of rotatable bonds is 5. The monoisotopic (exact) mass is 306 g/mol. The van der Waals surface area contributed by atoms with E-state index < -0.39 is 5.91 Å². The molecule has 0 fully saturated rings. The maximum atomic E-state index is 11.0. The first-order chi connectivity index (χ1) is 10.1. The van der Waals surface area contributed by atoms with E-state index in [4.69, 9.17) is 10.2 Å². The lowest BCUT2D eigenvalue weighted by molar-refractivity contribution is 0.0972. The van der Waals surface area contributed by atoms with E-state index in [-0.39, 0.29) is 5.76 Å². The summed E-state index contributed by atoms with van der Waals surface area (Å²) in [7, 11) is 3.69. The van der Waals surface area contributed by atoms with Gasteiger partial charge in [0.25, 0.3) is 5.91 Å². The number of nitrogens with two attached hydrogens (primary N) is 1. The number of hydrogen-bond donors (Lipinski definition) is 2. The number of amides is 1. The van der Waals surface area contributed by atoms with Crippen molar-refractivity contribution < 1.29 is 9.21 Å². The minimum atomic E-state index is -0.569. The molecule has 0 radical (unpaired) electrons. The van der Waals surface area contributed by atoms with Gasteiger partial charge in [0.15, 0.2) is 11.7 Å². The molecule has 0 aliphatic heterocycles. The van der Waals surface area contributed by atoms with Crippen molar-refractivity contribution >= 4 is 23.2 Å². The van der Waals surface area contributed by atoms with Gasteiger partial charge in [0.1, 0.15) is 5.76 Å². The summed E-state index contributed by atoms with van der Waals surface area (Å²) in [4.78, 5) is 17.2. The van der Waals surface area contributed by atoms with E-state index in [1.54, 1.807) is 30.5 Å². The molecule has 7 heteroatoms. The number of nitrogens with zero attached hydrogens (tertiary/aromatic N) is 2. The van der Waals surface area contributed by atoms with E-state index in [1.165, 1.54) is 5.56 Å². The average Bonchev–Trinajstić information content (AvgIpc) is 3.10. The Kier molecular flexibility index (Phi) is 4.99. The van der Waals surface area contributed by atoms with Crippen LogP contribution in [0.3, 0.4) is 0 Å². The molecule has 2 aromatic rings. The number of guanidine groups is 1. The van der Waals surface area contributed by atoms with Crippen LogP contribution in [0.5, 0.6) is 0 Å². The topological polar surface area (TPSA) is 83.9 Å². The molecule has 2 rings (SSSR count). The highest BCUT2D eigenvalue weighted by atomic mass is 32.1. The number of carbonyl (C=O) groups excluding carboxylic acids is 1. The van der Waals surface area contributed by atoms with Crippen molar-refractivity contribution in [2.75, 3.05) is 14.1 Å². The Bertz CT molecular complexity index is 619. The normalized spacial score (nSPS) is 11.4. The second kappa shape index (κ2) is 6.94. The molecule has 6 nitrogen and oxygen atoms in total. The Morgan fingerprint density at radius 2 is 2.29 bits per heavy atom.